The third kappa shape index (κ3) is 4.53. The summed E-state index contributed by atoms with van der Waals surface area (Å²) < 4.78 is 5.85. The SMILES string of the molecule is Cc1ccc2c(c1)OCC(CC(=O)NCCCc1ccccc1)N2C. The largest absolute Gasteiger partial charge is 0.489 e. The summed E-state index contributed by atoms with van der Waals surface area (Å²) in [4.78, 5) is 14.4. The fourth-order valence-electron chi connectivity index (χ4n) is 3.17. The summed E-state index contributed by atoms with van der Waals surface area (Å²) in [5.74, 6) is 0.992. The third-order valence-electron chi connectivity index (χ3n) is 4.70. The number of rotatable bonds is 6. The molecule has 2 aromatic rings. The van der Waals surface area contributed by atoms with Crippen LogP contribution < -0.4 is 15.0 Å². The number of hydrogen-bond acceptors (Lipinski definition) is 3. The van der Waals surface area contributed by atoms with Gasteiger partial charge in [0.05, 0.1) is 18.2 Å². The van der Waals surface area contributed by atoms with Crippen molar-refractivity contribution in [1.82, 2.24) is 5.32 Å². The molecule has 1 N–H and O–H groups in total. The van der Waals surface area contributed by atoms with Crippen LogP contribution in [0.5, 0.6) is 5.75 Å². The Morgan fingerprint density at radius 3 is 2.84 bits per heavy atom. The Labute approximate surface area is 149 Å². The molecule has 132 valence electrons. The van der Waals surface area contributed by atoms with Gasteiger partial charge in [0.1, 0.15) is 12.4 Å². The highest BCUT2D eigenvalue weighted by Gasteiger charge is 2.26. The van der Waals surface area contributed by atoms with Crippen molar-refractivity contribution in [1.29, 1.82) is 0 Å². The van der Waals surface area contributed by atoms with E-state index in [1.165, 1.54) is 11.1 Å². The summed E-state index contributed by atoms with van der Waals surface area (Å²) in [5.41, 5.74) is 3.55. The number of ether oxygens (including phenoxy) is 1. The molecule has 4 heteroatoms. The maximum Gasteiger partial charge on any atom is 0.222 e. The minimum Gasteiger partial charge on any atom is -0.489 e. The molecule has 0 bridgehead atoms. The predicted octanol–water partition coefficient (Wildman–Crippen LogP) is 3.33. The Hall–Kier alpha value is -2.49. The lowest BCUT2D eigenvalue weighted by Crippen LogP contribution is -2.43. The van der Waals surface area contributed by atoms with Crippen molar-refractivity contribution in [3.63, 3.8) is 0 Å². The van der Waals surface area contributed by atoms with Crippen molar-refractivity contribution in [3.8, 4) is 5.75 Å². The summed E-state index contributed by atoms with van der Waals surface area (Å²) in [7, 11) is 2.03. The monoisotopic (exact) mass is 338 g/mol. The van der Waals surface area contributed by atoms with Crippen LogP contribution in [-0.4, -0.2) is 32.1 Å². The number of carbonyl (C=O) groups excluding carboxylic acids is 1. The molecule has 0 aliphatic carbocycles. The molecule has 1 heterocycles. The Morgan fingerprint density at radius 2 is 2.04 bits per heavy atom. The first-order valence-electron chi connectivity index (χ1n) is 8.90. The number of nitrogens with zero attached hydrogens (tertiary/aromatic N) is 1. The number of anilines is 1. The summed E-state index contributed by atoms with van der Waals surface area (Å²) in [6.45, 7) is 3.31. The van der Waals surface area contributed by atoms with E-state index in [4.69, 9.17) is 4.74 Å². The third-order valence-corrected chi connectivity index (χ3v) is 4.70. The first kappa shape index (κ1) is 17.3. The van der Waals surface area contributed by atoms with Gasteiger partial charge >= 0.3 is 0 Å². The fraction of sp³-hybridized carbons (Fsp3) is 0.381. The van der Waals surface area contributed by atoms with Gasteiger partial charge in [-0.25, -0.2) is 0 Å². The van der Waals surface area contributed by atoms with Crippen molar-refractivity contribution >= 4 is 11.6 Å². The Balaban J connectivity index is 1.44. The molecule has 0 saturated carbocycles. The van der Waals surface area contributed by atoms with Crippen LogP contribution in [0.4, 0.5) is 5.69 Å². The van der Waals surface area contributed by atoms with E-state index in [9.17, 15) is 4.79 Å². The number of aryl methyl sites for hydroxylation is 2. The van der Waals surface area contributed by atoms with Crippen molar-refractivity contribution in [2.24, 2.45) is 0 Å². The fourth-order valence-corrected chi connectivity index (χ4v) is 3.17. The number of carbonyl (C=O) groups is 1. The van der Waals surface area contributed by atoms with E-state index in [1.807, 2.05) is 31.3 Å². The van der Waals surface area contributed by atoms with E-state index in [0.717, 1.165) is 24.3 Å². The van der Waals surface area contributed by atoms with Crippen LogP contribution in [0.2, 0.25) is 0 Å². The number of amides is 1. The van der Waals surface area contributed by atoms with Crippen molar-refractivity contribution in [3.05, 3.63) is 59.7 Å². The number of fused-ring (bicyclic) bond motifs is 1. The van der Waals surface area contributed by atoms with Crippen LogP contribution >= 0.6 is 0 Å². The molecule has 1 aliphatic rings. The zero-order valence-electron chi connectivity index (χ0n) is 15.0. The zero-order chi connectivity index (χ0) is 17.6. The van der Waals surface area contributed by atoms with Crippen LogP contribution in [0, 0.1) is 6.92 Å². The molecular weight excluding hydrogens is 312 g/mol. The first-order chi connectivity index (χ1) is 12.1. The van der Waals surface area contributed by atoms with Gasteiger partial charge in [0.15, 0.2) is 0 Å². The molecule has 1 atom stereocenters. The van der Waals surface area contributed by atoms with Gasteiger partial charge in [-0.15, -0.1) is 0 Å². The van der Waals surface area contributed by atoms with E-state index in [1.54, 1.807) is 0 Å². The molecule has 1 unspecified atom stereocenters. The smallest absolute Gasteiger partial charge is 0.222 e. The molecule has 0 fully saturated rings. The first-order valence-corrected chi connectivity index (χ1v) is 8.90. The van der Waals surface area contributed by atoms with Crippen LogP contribution in [0.15, 0.2) is 48.5 Å². The van der Waals surface area contributed by atoms with E-state index in [-0.39, 0.29) is 11.9 Å². The summed E-state index contributed by atoms with van der Waals surface area (Å²) >= 11 is 0. The lowest BCUT2D eigenvalue weighted by atomic mass is 10.1. The summed E-state index contributed by atoms with van der Waals surface area (Å²) in [6, 6.07) is 16.6. The molecule has 3 rings (SSSR count). The lowest BCUT2D eigenvalue weighted by Gasteiger charge is -2.35. The van der Waals surface area contributed by atoms with Gasteiger partial charge in [-0.2, -0.15) is 0 Å². The maximum absolute atomic E-state index is 12.2. The van der Waals surface area contributed by atoms with E-state index < -0.39 is 0 Å². The number of benzene rings is 2. The Morgan fingerprint density at radius 1 is 1.24 bits per heavy atom. The van der Waals surface area contributed by atoms with Gasteiger partial charge in [-0.05, 0) is 43.0 Å². The predicted molar refractivity (Wildman–Crippen MR) is 101 cm³/mol. The molecule has 2 aromatic carbocycles. The number of likely N-dealkylation sites (N-methyl/N-ethyl adjacent to an activating group) is 1. The molecular formula is C21H26N2O2. The average Bonchev–Trinajstić information content (AvgIpc) is 2.62. The molecule has 1 aliphatic heterocycles. The molecule has 0 radical (unpaired) electrons. The molecule has 1 amide bonds. The second-order valence-corrected chi connectivity index (χ2v) is 6.69. The zero-order valence-corrected chi connectivity index (χ0v) is 15.0. The normalized spacial score (nSPS) is 16.1. The minimum atomic E-state index is 0.0735. The van der Waals surface area contributed by atoms with E-state index >= 15 is 0 Å². The van der Waals surface area contributed by atoms with Crippen molar-refractivity contribution < 1.29 is 9.53 Å². The Bertz CT molecular complexity index is 715. The maximum atomic E-state index is 12.2. The number of hydrogen-bond donors (Lipinski definition) is 1. The molecule has 25 heavy (non-hydrogen) atoms. The van der Waals surface area contributed by atoms with Crippen molar-refractivity contribution in [2.45, 2.75) is 32.2 Å². The van der Waals surface area contributed by atoms with Crippen LogP contribution in [0.1, 0.15) is 24.0 Å². The lowest BCUT2D eigenvalue weighted by molar-refractivity contribution is -0.121. The van der Waals surface area contributed by atoms with Gasteiger partial charge < -0.3 is 15.0 Å². The topological polar surface area (TPSA) is 41.6 Å². The molecule has 0 saturated heterocycles. The number of nitrogens with one attached hydrogen (secondary N) is 1. The van der Waals surface area contributed by atoms with E-state index in [0.29, 0.717) is 19.6 Å². The summed E-state index contributed by atoms with van der Waals surface area (Å²) in [6.07, 6.45) is 2.39. The van der Waals surface area contributed by atoms with Gasteiger partial charge in [0.2, 0.25) is 5.91 Å². The second-order valence-electron chi connectivity index (χ2n) is 6.69. The quantitative estimate of drug-likeness (QED) is 0.822. The second kappa shape index (κ2) is 8.06. The average molecular weight is 338 g/mol. The van der Waals surface area contributed by atoms with Crippen molar-refractivity contribution in [2.75, 3.05) is 25.1 Å². The van der Waals surface area contributed by atoms with Crippen LogP contribution in [0.25, 0.3) is 0 Å². The standard InChI is InChI=1S/C21H26N2O2/c1-16-10-11-19-20(13-16)25-15-18(23(19)2)14-21(24)22-12-6-9-17-7-4-3-5-8-17/h3-5,7-8,10-11,13,18H,6,9,12,14-15H2,1-2H3,(H,22,24). The molecule has 0 spiro atoms. The molecule has 4 nitrogen and oxygen atoms in total. The van der Waals surface area contributed by atoms with Gasteiger partial charge in [0.25, 0.3) is 0 Å². The minimum absolute atomic E-state index is 0.0735. The van der Waals surface area contributed by atoms with E-state index in [2.05, 4.69) is 41.4 Å². The highest BCUT2D eigenvalue weighted by Crippen LogP contribution is 2.34. The highest BCUT2D eigenvalue weighted by atomic mass is 16.5. The van der Waals surface area contributed by atoms with Crippen LogP contribution in [-0.2, 0) is 11.2 Å². The Kier molecular flexibility index (Phi) is 5.59. The highest BCUT2D eigenvalue weighted by molar-refractivity contribution is 5.77. The molecule has 0 aromatic heterocycles. The van der Waals surface area contributed by atoms with Gasteiger partial charge in [-0.1, -0.05) is 36.4 Å². The van der Waals surface area contributed by atoms with Gasteiger partial charge in [-0.3, -0.25) is 4.79 Å². The summed E-state index contributed by atoms with van der Waals surface area (Å²) in [5, 5.41) is 3.03. The van der Waals surface area contributed by atoms with Gasteiger partial charge in [0, 0.05) is 13.6 Å². The van der Waals surface area contributed by atoms with Crippen LogP contribution in [0.3, 0.4) is 0 Å².